The van der Waals surface area contributed by atoms with Gasteiger partial charge in [0.15, 0.2) is 5.78 Å². The first-order valence-corrected chi connectivity index (χ1v) is 5.17. The maximum Gasteiger partial charge on any atom is 0.162 e. The fourth-order valence-corrected chi connectivity index (χ4v) is 1.54. The second-order valence-corrected chi connectivity index (χ2v) is 3.58. The van der Waals surface area contributed by atoms with Crippen LogP contribution in [-0.4, -0.2) is 11.9 Å². The highest BCUT2D eigenvalue weighted by atomic mass is 16.5. The molecule has 0 aromatic heterocycles. The zero-order valence-corrected chi connectivity index (χ0v) is 8.29. The summed E-state index contributed by atoms with van der Waals surface area (Å²) in [6.07, 6.45) is 9.78. The van der Waals surface area contributed by atoms with Crippen molar-refractivity contribution in [1.29, 1.82) is 0 Å². The van der Waals surface area contributed by atoms with E-state index in [1.165, 1.54) is 38.0 Å². The van der Waals surface area contributed by atoms with Gasteiger partial charge in [-0.05, 0) is 12.8 Å². The van der Waals surface area contributed by atoms with Crippen molar-refractivity contribution in [3.8, 4) is 0 Å². The van der Waals surface area contributed by atoms with Crippen LogP contribution in [0.25, 0.3) is 0 Å². The largest absolute Gasteiger partial charge is 0.497 e. The van der Waals surface area contributed by atoms with Crippen LogP contribution in [0, 0.1) is 0 Å². The van der Waals surface area contributed by atoms with E-state index in [0.717, 1.165) is 6.42 Å². The molecular formula is C11H18O2. The molecule has 0 N–H and O–H groups in total. The van der Waals surface area contributed by atoms with E-state index < -0.39 is 0 Å². The van der Waals surface area contributed by atoms with Gasteiger partial charge in [0.25, 0.3) is 0 Å². The highest BCUT2D eigenvalue weighted by molar-refractivity contribution is 5.90. The standard InChI is InChI=1S/C11H18O2/c1-2-3-4-5-6-11-9-10(12)7-8-13-11/h7-8,11H,2-6,9H2,1H3/t11-/m0/s1. The Labute approximate surface area is 80.0 Å². The first-order valence-electron chi connectivity index (χ1n) is 5.17. The van der Waals surface area contributed by atoms with Crippen molar-refractivity contribution in [1.82, 2.24) is 0 Å². The smallest absolute Gasteiger partial charge is 0.162 e. The quantitative estimate of drug-likeness (QED) is 0.611. The van der Waals surface area contributed by atoms with Gasteiger partial charge in [0.1, 0.15) is 6.10 Å². The van der Waals surface area contributed by atoms with Crippen molar-refractivity contribution < 1.29 is 9.53 Å². The number of carbonyl (C=O) groups is 1. The van der Waals surface area contributed by atoms with E-state index in [1.54, 1.807) is 0 Å². The molecule has 0 unspecified atom stereocenters. The minimum Gasteiger partial charge on any atom is -0.497 e. The number of ether oxygens (including phenoxy) is 1. The Balaban J connectivity index is 2.08. The van der Waals surface area contributed by atoms with Crippen LogP contribution in [0.2, 0.25) is 0 Å². The van der Waals surface area contributed by atoms with Crippen molar-refractivity contribution in [2.75, 3.05) is 0 Å². The minimum absolute atomic E-state index is 0.148. The van der Waals surface area contributed by atoms with Crippen molar-refractivity contribution in [3.05, 3.63) is 12.3 Å². The molecule has 0 bridgehead atoms. The number of rotatable bonds is 5. The summed E-state index contributed by atoms with van der Waals surface area (Å²) >= 11 is 0. The minimum atomic E-state index is 0.148. The monoisotopic (exact) mass is 182 g/mol. The maximum atomic E-state index is 11.0. The Morgan fingerprint density at radius 2 is 2.31 bits per heavy atom. The molecule has 2 heteroatoms. The molecular weight excluding hydrogens is 164 g/mol. The van der Waals surface area contributed by atoms with E-state index in [1.807, 2.05) is 0 Å². The van der Waals surface area contributed by atoms with Gasteiger partial charge in [-0.25, -0.2) is 0 Å². The maximum absolute atomic E-state index is 11.0. The molecule has 0 aromatic rings. The number of carbonyl (C=O) groups excluding carboxylic acids is 1. The van der Waals surface area contributed by atoms with Gasteiger partial charge in [-0.3, -0.25) is 4.79 Å². The molecule has 0 saturated carbocycles. The SMILES string of the molecule is CCCCCC[C@H]1CC(=O)C=CO1. The van der Waals surface area contributed by atoms with E-state index in [0.29, 0.717) is 6.42 Å². The lowest BCUT2D eigenvalue weighted by Gasteiger charge is -2.18. The van der Waals surface area contributed by atoms with Gasteiger partial charge in [0.05, 0.1) is 6.26 Å². The van der Waals surface area contributed by atoms with E-state index in [-0.39, 0.29) is 11.9 Å². The molecule has 1 atom stereocenters. The van der Waals surface area contributed by atoms with Crippen LogP contribution < -0.4 is 0 Å². The molecule has 1 heterocycles. The second kappa shape index (κ2) is 5.79. The molecule has 0 saturated heterocycles. The van der Waals surface area contributed by atoms with Crippen molar-refractivity contribution in [2.45, 2.75) is 51.6 Å². The van der Waals surface area contributed by atoms with Gasteiger partial charge in [-0.2, -0.15) is 0 Å². The topological polar surface area (TPSA) is 26.3 Å². The van der Waals surface area contributed by atoms with Gasteiger partial charge in [-0.15, -0.1) is 0 Å². The fourth-order valence-electron chi connectivity index (χ4n) is 1.54. The first kappa shape index (κ1) is 10.3. The lowest BCUT2D eigenvalue weighted by atomic mass is 10.0. The third kappa shape index (κ3) is 4.11. The Kier molecular flexibility index (Phi) is 4.58. The van der Waals surface area contributed by atoms with Gasteiger partial charge in [0.2, 0.25) is 0 Å². The van der Waals surface area contributed by atoms with E-state index in [4.69, 9.17) is 4.74 Å². The third-order valence-electron chi connectivity index (χ3n) is 2.33. The van der Waals surface area contributed by atoms with Crippen molar-refractivity contribution in [3.63, 3.8) is 0 Å². The van der Waals surface area contributed by atoms with Gasteiger partial charge >= 0.3 is 0 Å². The zero-order valence-electron chi connectivity index (χ0n) is 8.29. The predicted octanol–water partition coefficient (Wildman–Crippen LogP) is 2.83. The van der Waals surface area contributed by atoms with Crippen LogP contribution in [0.3, 0.4) is 0 Å². The average Bonchev–Trinajstić information content (AvgIpc) is 2.13. The lowest BCUT2D eigenvalue weighted by molar-refractivity contribution is -0.118. The van der Waals surface area contributed by atoms with E-state index >= 15 is 0 Å². The molecule has 1 aliphatic heterocycles. The Morgan fingerprint density at radius 3 is 3.00 bits per heavy atom. The van der Waals surface area contributed by atoms with E-state index in [2.05, 4.69) is 6.92 Å². The first-order chi connectivity index (χ1) is 6.33. The molecule has 0 aromatic carbocycles. The fraction of sp³-hybridized carbons (Fsp3) is 0.727. The normalized spacial score (nSPS) is 21.6. The van der Waals surface area contributed by atoms with Crippen molar-refractivity contribution >= 4 is 5.78 Å². The number of hydrogen-bond acceptors (Lipinski definition) is 2. The summed E-state index contributed by atoms with van der Waals surface area (Å²) < 4.78 is 5.33. The van der Waals surface area contributed by atoms with Crippen LogP contribution in [0.5, 0.6) is 0 Å². The summed E-state index contributed by atoms with van der Waals surface area (Å²) in [5, 5.41) is 0. The molecule has 1 rings (SSSR count). The highest BCUT2D eigenvalue weighted by Gasteiger charge is 2.15. The van der Waals surface area contributed by atoms with Crippen molar-refractivity contribution in [2.24, 2.45) is 0 Å². The van der Waals surface area contributed by atoms with Gasteiger partial charge in [-0.1, -0.05) is 26.2 Å². The number of ketones is 1. The third-order valence-corrected chi connectivity index (χ3v) is 2.33. The molecule has 1 aliphatic rings. The summed E-state index contributed by atoms with van der Waals surface area (Å²) in [6.45, 7) is 2.20. The molecule has 0 fully saturated rings. The number of hydrogen-bond donors (Lipinski definition) is 0. The molecule has 0 amide bonds. The molecule has 13 heavy (non-hydrogen) atoms. The summed E-state index contributed by atoms with van der Waals surface area (Å²) in [5.74, 6) is 0.201. The number of unbranched alkanes of at least 4 members (excludes halogenated alkanes) is 3. The molecule has 0 aliphatic carbocycles. The lowest BCUT2D eigenvalue weighted by Crippen LogP contribution is -2.18. The number of allylic oxidation sites excluding steroid dienone is 1. The van der Waals surface area contributed by atoms with Gasteiger partial charge in [0, 0.05) is 12.5 Å². The van der Waals surface area contributed by atoms with Crippen LogP contribution in [0.1, 0.15) is 45.4 Å². The Hall–Kier alpha value is -0.790. The predicted molar refractivity (Wildman–Crippen MR) is 52.4 cm³/mol. The summed E-state index contributed by atoms with van der Waals surface area (Å²) in [7, 11) is 0. The Bertz CT molecular complexity index is 185. The molecule has 2 nitrogen and oxygen atoms in total. The van der Waals surface area contributed by atoms with Crippen LogP contribution in [0.4, 0.5) is 0 Å². The molecule has 0 spiro atoms. The van der Waals surface area contributed by atoms with Crippen LogP contribution >= 0.6 is 0 Å². The molecule has 74 valence electrons. The summed E-state index contributed by atoms with van der Waals surface area (Å²) in [4.78, 5) is 11.0. The summed E-state index contributed by atoms with van der Waals surface area (Å²) in [5.41, 5.74) is 0. The Morgan fingerprint density at radius 1 is 1.46 bits per heavy atom. The zero-order chi connectivity index (χ0) is 9.52. The summed E-state index contributed by atoms with van der Waals surface area (Å²) in [6, 6.07) is 0. The van der Waals surface area contributed by atoms with Crippen LogP contribution in [0.15, 0.2) is 12.3 Å². The highest BCUT2D eigenvalue weighted by Crippen LogP contribution is 2.15. The average molecular weight is 182 g/mol. The second-order valence-electron chi connectivity index (χ2n) is 3.58. The van der Waals surface area contributed by atoms with Gasteiger partial charge < -0.3 is 4.74 Å². The van der Waals surface area contributed by atoms with E-state index in [9.17, 15) is 4.79 Å². The van der Waals surface area contributed by atoms with Crippen LogP contribution in [-0.2, 0) is 9.53 Å². The molecule has 0 radical (unpaired) electrons.